The van der Waals surface area contributed by atoms with Crippen LogP contribution < -0.4 is 0 Å². The summed E-state index contributed by atoms with van der Waals surface area (Å²) in [5.41, 5.74) is 0.523. The molecule has 4 nitrogen and oxygen atoms in total. The van der Waals surface area contributed by atoms with Crippen molar-refractivity contribution in [2.45, 2.75) is 33.2 Å². The number of nitrogens with zero attached hydrogens (tertiary/aromatic N) is 3. The van der Waals surface area contributed by atoms with Crippen LogP contribution >= 0.6 is 23.2 Å². The van der Waals surface area contributed by atoms with Gasteiger partial charge in [0.2, 0.25) is 0 Å². The minimum absolute atomic E-state index is 0.0641. The molecule has 0 saturated carbocycles. The molecular formula is C14H15Cl2N3O. The third-order valence-corrected chi connectivity index (χ3v) is 3.70. The lowest BCUT2D eigenvalue weighted by Gasteiger charge is -2.05. The minimum Gasteiger partial charge on any atom is -0.292 e. The number of rotatable bonds is 5. The maximum Gasteiger partial charge on any atom is 0.184 e. The smallest absolute Gasteiger partial charge is 0.184 e. The van der Waals surface area contributed by atoms with E-state index in [4.69, 9.17) is 23.2 Å². The summed E-state index contributed by atoms with van der Waals surface area (Å²) < 4.78 is 1.66. The fourth-order valence-electron chi connectivity index (χ4n) is 1.86. The molecule has 0 atom stereocenters. The Balaban J connectivity index is 2.22. The van der Waals surface area contributed by atoms with Gasteiger partial charge in [0.25, 0.3) is 0 Å². The number of aromatic nitrogens is 3. The quantitative estimate of drug-likeness (QED) is 0.793. The van der Waals surface area contributed by atoms with E-state index in [1.165, 1.54) is 0 Å². The number of Topliss-reactive ketones (excluding diaryl/α,β-unsaturated/α-hetero) is 1. The number of hydrogen-bond donors (Lipinski definition) is 0. The van der Waals surface area contributed by atoms with Crippen molar-refractivity contribution >= 4 is 29.0 Å². The van der Waals surface area contributed by atoms with Gasteiger partial charge in [0.1, 0.15) is 12.4 Å². The van der Waals surface area contributed by atoms with Gasteiger partial charge in [-0.1, -0.05) is 37.0 Å². The lowest BCUT2D eigenvalue weighted by molar-refractivity contribution is 0.0966. The maximum atomic E-state index is 12.3. The third kappa shape index (κ3) is 3.19. The normalized spacial score (nSPS) is 10.8. The Hall–Kier alpha value is -1.39. The van der Waals surface area contributed by atoms with Gasteiger partial charge in [-0.15, -0.1) is 0 Å². The Kier molecular flexibility index (Phi) is 4.78. The summed E-state index contributed by atoms with van der Waals surface area (Å²) >= 11 is 11.8. The molecule has 0 bridgehead atoms. The van der Waals surface area contributed by atoms with E-state index in [1.807, 2.05) is 13.8 Å². The lowest BCUT2D eigenvalue weighted by Crippen LogP contribution is -2.14. The van der Waals surface area contributed by atoms with Crippen LogP contribution in [0.25, 0.3) is 0 Å². The molecule has 0 radical (unpaired) electrons. The number of ketones is 1. The van der Waals surface area contributed by atoms with Crippen molar-refractivity contribution in [3.8, 4) is 0 Å². The van der Waals surface area contributed by atoms with E-state index in [9.17, 15) is 4.79 Å². The fourth-order valence-corrected chi connectivity index (χ4v) is 2.16. The van der Waals surface area contributed by atoms with Crippen LogP contribution in [0.5, 0.6) is 0 Å². The van der Waals surface area contributed by atoms with E-state index in [1.54, 1.807) is 22.9 Å². The number of aryl methyl sites for hydroxylation is 2. The highest BCUT2D eigenvalue weighted by molar-refractivity contribution is 6.42. The summed E-state index contributed by atoms with van der Waals surface area (Å²) in [6.45, 7) is 4.14. The molecule has 1 aromatic carbocycles. The highest BCUT2D eigenvalue weighted by Crippen LogP contribution is 2.23. The summed E-state index contributed by atoms with van der Waals surface area (Å²) in [5, 5.41) is 5.14. The van der Waals surface area contributed by atoms with E-state index in [0.29, 0.717) is 15.6 Å². The molecular weight excluding hydrogens is 297 g/mol. The number of halogens is 2. The Morgan fingerprint density at radius 1 is 1.20 bits per heavy atom. The molecule has 0 saturated heterocycles. The summed E-state index contributed by atoms with van der Waals surface area (Å²) in [4.78, 5) is 16.6. The maximum absolute atomic E-state index is 12.3. The molecule has 0 fully saturated rings. The second-order valence-corrected chi connectivity index (χ2v) is 5.18. The fraction of sp³-hybridized carbons (Fsp3) is 0.357. The van der Waals surface area contributed by atoms with Gasteiger partial charge >= 0.3 is 0 Å². The van der Waals surface area contributed by atoms with Crippen molar-refractivity contribution in [1.29, 1.82) is 0 Å². The molecule has 0 aliphatic carbocycles. The SMILES string of the molecule is CCc1nc(CC)n(CC(=O)c2ccc(Cl)c(Cl)c2)n1. The van der Waals surface area contributed by atoms with Gasteiger partial charge in [0.15, 0.2) is 11.6 Å². The van der Waals surface area contributed by atoms with Gasteiger partial charge in [0.05, 0.1) is 10.0 Å². The van der Waals surface area contributed by atoms with E-state index >= 15 is 0 Å². The van der Waals surface area contributed by atoms with Crippen molar-refractivity contribution in [1.82, 2.24) is 14.8 Å². The van der Waals surface area contributed by atoms with Crippen LogP contribution in [0.3, 0.4) is 0 Å². The van der Waals surface area contributed by atoms with Crippen LogP contribution in [0.15, 0.2) is 18.2 Å². The molecule has 1 heterocycles. The first-order valence-corrected chi connectivity index (χ1v) is 7.21. The van der Waals surface area contributed by atoms with Crippen molar-refractivity contribution in [3.63, 3.8) is 0 Å². The van der Waals surface area contributed by atoms with Crippen LogP contribution in [0.2, 0.25) is 10.0 Å². The van der Waals surface area contributed by atoms with Gasteiger partial charge in [-0.3, -0.25) is 4.79 Å². The van der Waals surface area contributed by atoms with Crippen LogP contribution in [0.1, 0.15) is 35.9 Å². The van der Waals surface area contributed by atoms with E-state index in [-0.39, 0.29) is 12.3 Å². The predicted molar refractivity (Wildman–Crippen MR) is 79.6 cm³/mol. The first-order chi connectivity index (χ1) is 9.55. The van der Waals surface area contributed by atoms with Crippen LogP contribution in [0.4, 0.5) is 0 Å². The van der Waals surface area contributed by atoms with Gasteiger partial charge in [-0.25, -0.2) is 9.67 Å². The summed E-state index contributed by atoms with van der Waals surface area (Å²) in [6, 6.07) is 4.87. The van der Waals surface area contributed by atoms with E-state index in [0.717, 1.165) is 24.5 Å². The van der Waals surface area contributed by atoms with Gasteiger partial charge in [-0.2, -0.15) is 5.10 Å². The molecule has 0 amide bonds. The van der Waals surface area contributed by atoms with Crippen LogP contribution in [-0.4, -0.2) is 20.5 Å². The number of benzene rings is 1. The zero-order valence-electron chi connectivity index (χ0n) is 11.4. The molecule has 0 unspecified atom stereocenters. The zero-order valence-corrected chi connectivity index (χ0v) is 12.9. The van der Waals surface area contributed by atoms with Gasteiger partial charge in [-0.05, 0) is 18.2 Å². The van der Waals surface area contributed by atoms with Gasteiger partial charge < -0.3 is 0 Å². The number of carbonyl (C=O) groups is 1. The minimum atomic E-state index is -0.0641. The van der Waals surface area contributed by atoms with E-state index in [2.05, 4.69) is 10.1 Å². The topological polar surface area (TPSA) is 47.8 Å². The molecule has 106 valence electrons. The molecule has 0 aliphatic heterocycles. The molecule has 0 aliphatic rings. The highest BCUT2D eigenvalue weighted by Gasteiger charge is 2.13. The van der Waals surface area contributed by atoms with Crippen LogP contribution in [-0.2, 0) is 19.4 Å². The summed E-state index contributed by atoms with van der Waals surface area (Å²) in [5.74, 6) is 1.50. The van der Waals surface area contributed by atoms with E-state index < -0.39 is 0 Å². The van der Waals surface area contributed by atoms with Gasteiger partial charge in [0, 0.05) is 18.4 Å². The van der Waals surface area contributed by atoms with Crippen LogP contribution in [0, 0.1) is 0 Å². The monoisotopic (exact) mass is 311 g/mol. The molecule has 2 rings (SSSR count). The Bertz CT molecular complexity index is 637. The molecule has 1 aromatic heterocycles. The Labute approximate surface area is 127 Å². The molecule has 2 aromatic rings. The lowest BCUT2D eigenvalue weighted by atomic mass is 10.1. The molecule has 20 heavy (non-hydrogen) atoms. The average molecular weight is 312 g/mol. The Morgan fingerprint density at radius 2 is 1.95 bits per heavy atom. The second kappa shape index (κ2) is 6.37. The highest BCUT2D eigenvalue weighted by atomic mass is 35.5. The van der Waals surface area contributed by atoms with Crippen molar-refractivity contribution < 1.29 is 4.79 Å². The number of carbonyl (C=O) groups excluding carboxylic acids is 1. The number of hydrogen-bond acceptors (Lipinski definition) is 3. The summed E-state index contributed by atoms with van der Waals surface area (Å²) in [6.07, 6.45) is 1.49. The van der Waals surface area contributed by atoms with Crippen molar-refractivity contribution in [2.24, 2.45) is 0 Å². The molecule has 0 spiro atoms. The standard InChI is InChI=1S/C14H15Cl2N3O/c1-3-13-17-14(4-2)19(18-13)8-12(20)9-5-6-10(15)11(16)7-9/h5-7H,3-4,8H2,1-2H3. The second-order valence-electron chi connectivity index (χ2n) is 4.36. The third-order valence-electron chi connectivity index (χ3n) is 2.96. The van der Waals surface area contributed by atoms with Crippen molar-refractivity contribution in [2.75, 3.05) is 0 Å². The molecule has 6 heteroatoms. The zero-order chi connectivity index (χ0) is 14.7. The summed E-state index contributed by atoms with van der Waals surface area (Å²) in [7, 11) is 0. The average Bonchev–Trinajstić information content (AvgIpc) is 2.84. The Morgan fingerprint density at radius 3 is 2.55 bits per heavy atom. The van der Waals surface area contributed by atoms with Crippen molar-refractivity contribution in [3.05, 3.63) is 45.5 Å². The predicted octanol–water partition coefficient (Wildman–Crippen LogP) is 3.59. The first-order valence-electron chi connectivity index (χ1n) is 6.46. The molecule has 0 N–H and O–H groups in total. The first kappa shape index (κ1) is 15.0. The largest absolute Gasteiger partial charge is 0.292 e.